The van der Waals surface area contributed by atoms with Crippen LogP contribution in [0.15, 0.2) is 12.2 Å². The Morgan fingerprint density at radius 3 is 2.19 bits per heavy atom. The molecule has 0 aliphatic rings. The molecule has 16 heavy (non-hydrogen) atoms. The van der Waals surface area contributed by atoms with Crippen molar-refractivity contribution in [3.63, 3.8) is 0 Å². The molecule has 0 rings (SSSR count). The van der Waals surface area contributed by atoms with Crippen molar-refractivity contribution in [2.24, 2.45) is 0 Å². The van der Waals surface area contributed by atoms with Gasteiger partial charge < -0.3 is 14.9 Å². The summed E-state index contributed by atoms with van der Waals surface area (Å²) in [7, 11) is 0. The van der Waals surface area contributed by atoms with Crippen LogP contribution in [0.3, 0.4) is 0 Å². The molecule has 0 aliphatic carbocycles. The van der Waals surface area contributed by atoms with Crippen LogP contribution in [0, 0.1) is 0 Å². The van der Waals surface area contributed by atoms with Crippen LogP contribution in [0.5, 0.6) is 0 Å². The van der Waals surface area contributed by atoms with Gasteiger partial charge in [0.25, 0.3) is 0 Å². The molecule has 0 aromatic heterocycles. The highest BCUT2D eigenvalue weighted by Gasteiger charge is 2.03. The number of hydrogen-bond acceptors (Lipinski definition) is 3. The summed E-state index contributed by atoms with van der Waals surface area (Å²) in [5.41, 5.74) is 0. The third-order valence-corrected chi connectivity index (χ3v) is 2.42. The maximum Gasteiger partial charge on any atom is 0.104 e. The van der Waals surface area contributed by atoms with Crippen molar-refractivity contribution in [2.45, 2.75) is 51.6 Å². The van der Waals surface area contributed by atoms with Crippen molar-refractivity contribution in [3.05, 3.63) is 12.2 Å². The Morgan fingerprint density at radius 1 is 1.00 bits per heavy atom. The highest BCUT2D eigenvalue weighted by molar-refractivity contribution is 4.81. The fourth-order valence-corrected chi connectivity index (χ4v) is 1.36. The molecular formula is C13H26O3. The molecule has 0 saturated carbocycles. The summed E-state index contributed by atoms with van der Waals surface area (Å²) in [5, 5.41) is 17.5. The van der Waals surface area contributed by atoms with E-state index in [9.17, 15) is 0 Å². The van der Waals surface area contributed by atoms with E-state index in [0.29, 0.717) is 6.61 Å². The number of hydrogen-bond donors (Lipinski definition) is 2. The molecule has 0 aliphatic heterocycles. The first kappa shape index (κ1) is 15.6. The van der Waals surface area contributed by atoms with Gasteiger partial charge in [0.1, 0.15) is 6.10 Å². The molecule has 0 amide bonds. The van der Waals surface area contributed by atoms with Gasteiger partial charge in [-0.3, -0.25) is 0 Å². The molecule has 0 radical (unpaired) electrons. The normalized spacial score (nSPS) is 11.8. The fraction of sp³-hybridized carbons (Fsp3) is 0.846. The molecule has 0 atom stereocenters. The topological polar surface area (TPSA) is 49.7 Å². The number of aliphatic hydroxyl groups excluding tert-OH is 2. The maximum atomic E-state index is 8.75. The Labute approximate surface area is 99.1 Å². The van der Waals surface area contributed by atoms with Crippen LogP contribution < -0.4 is 0 Å². The smallest absolute Gasteiger partial charge is 0.104 e. The van der Waals surface area contributed by atoms with Gasteiger partial charge in [-0.1, -0.05) is 31.9 Å². The largest absolute Gasteiger partial charge is 0.394 e. The van der Waals surface area contributed by atoms with Gasteiger partial charge in [0.05, 0.1) is 13.2 Å². The van der Waals surface area contributed by atoms with Gasteiger partial charge in [-0.25, -0.2) is 0 Å². The zero-order valence-electron chi connectivity index (χ0n) is 10.4. The van der Waals surface area contributed by atoms with E-state index in [-0.39, 0.29) is 13.2 Å². The van der Waals surface area contributed by atoms with E-state index in [1.54, 1.807) is 0 Å². The van der Waals surface area contributed by atoms with E-state index in [0.717, 1.165) is 12.8 Å². The summed E-state index contributed by atoms with van der Waals surface area (Å²) in [6.45, 7) is 2.59. The fourth-order valence-electron chi connectivity index (χ4n) is 1.36. The molecule has 3 heteroatoms. The number of rotatable bonds is 11. The zero-order valence-corrected chi connectivity index (χ0v) is 10.4. The predicted octanol–water partition coefficient (Wildman–Crippen LogP) is 2.27. The minimum atomic E-state index is -0.409. The third kappa shape index (κ3) is 10.1. The van der Waals surface area contributed by atoms with Crippen LogP contribution in [0.4, 0.5) is 0 Å². The number of aliphatic hydroxyl groups is 2. The zero-order chi connectivity index (χ0) is 12.1. The van der Waals surface area contributed by atoms with E-state index < -0.39 is 6.10 Å². The molecule has 0 fully saturated rings. The first-order valence-corrected chi connectivity index (χ1v) is 6.33. The van der Waals surface area contributed by atoms with E-state index in [2.05, 4.69) is 19.1 Å². The van der Waals surface area contributed by atoms with Crippen molar-refractivity contribution in [1.82, 2.24) is 0 Å². The second-order valence-corrected chi connectivity index (χ2v) is 3.97. The van der Waals surface area contributed by atoms with Gasteiger partial charge in [-0.05, 0) is 25.7 Å². The van der Waals surface area contributed by atoms with Gasteiger partial charge in [0.15, 0.2) is 0 Å². The molecule has 0 spiro atoms. The summed E-state index contributed by atoms with van der Waals surface area (Å²) in [6.07, 6.45) is 11.0. The highest BCUT2D eigenvalue weighted by atomic mass is 16.5. The number of allylic oxidation sites excluding steroid dienone is 2. The molecule has 96 valence electrons. The summed E-state index contributed by atoms with van der Waals surface area (Å²) in [5.74, 6) is 0. The summed E-state index contributed by atoms with van der Waals surface area (Å²) < 4.78 is 5.25. The third-order valence-electron chi connectivity index (χ3n) is 2.42. The maximum absolute atomic E-state index is 8.75. The van der Waals surface area contributed by atoms with Crippen molar-refractivity contribution in [3.8, 4) is 0 Å². The van der Waals surface area contributed by atoms with E-state index in [1.165, 1.54) is 25.7 Å². The number of unbranched alkanes of at least 4 members (excludes halogenated alkanes) is 4. The summed E-state index contributed by atoms with van der Waals surface area (Å²) in [6, 6.07) is 0. The predicted molar refractivity (Wildman–Crippen MR) is 66.4 cm³/mol. The Hall–Kier alpha value is -0.380. The molecule has 0 saturated heterocycles. The lowest BCUT2D eigenvalue weighted by atomic mass is 10.2. The molecule has 0 bridgehead atoms. The Balaban J connectivity index is 3.19. The van der Waals surface area contributed by atoms with Crippen LogP contribution in [0.25, 0.3) is 0 Å². The van der Waals surface area contributed by atoms with Gasteiger partial charge in [0, 0.05) is 6.61 Å². The van der Waals surface area contributed by atoms with E-state index in [1.807, 2.05) is 0 Å². The van der Waals surface area contributed by atoms with Crippen molar-refractivity contribution in [1.29, 1.82) is 0 Å². The molecule has 0 aromatic carbocycles. The minimum Gasteiger partial charge on any atom is -0.394 e. The number of ether oxygens (including phenoxy) is 1. The van der Waals surface area contributed by atoms with Crippen LogP contribution in [-0.2, 0) is 4.74 Å². The van der Waals surface area contributed by atoms with Gasteiger partial charge >= 0.3 is 0 Å². The summed E-state index contributed by atoms with van der Waals surface area (Å²) >= 11 is 0. The van der Waals surface area contributed by atoms with Gasteiger partial charge in [-0.15, -0.1) is 0 Å². The van der Waals surface area contributed by atoms with E-state index in [4.69, 9.17) is 14.9 Å². The molecule has 0 unspecified atom stereocenters. The second-order valence-electron chi connectivity index (χ2n) is 3.97. The quantitative estimate of drug-likeness (QED) is 0.423. The second kappa shape index (κ2) is 12.7. The lowest BCUT2D eigenvalue weighted by Crippen LogP contribution is -2.22. The van der Waals surface area contributed by atoms with Crippen LogP contribution in [0.2, 0.25) is 0 Å². The lowest BCUT2D eigenvalue weighted by Gasteiger charge is -2.11. The Bertz CT molecular complexity index is 153. The monoisotopic (exact) mass is 230 g/mol. The Morgan fingerprint density at radius 2 is 1.62 bits per heavy atom. The van der Waals surface area contributed by atoms with Crippen LogP contribution >= 0.6 is 0 Å². The summed E-state index contributed by atoms with van der Waals surface area (Å²) in [4.78, 5) is 0. The molecule has 2 N–H and O–H groups in total. The minimum absolute atomic E-state index is 0.108. The van der Waals surface area contributed by atoms with Gasteiger partial charge in [-0.2, -0.15) is 0 Å². The first-order chi connectivity index (χ1) is 7.85. The SMILES string of the molecule is CCCCC/C=C/CCCOC(CO)CO. The molecule has 0 heterocycles. The molecular weight excluding hydrogens is 204 g/mol. The van der Waals surface area contributed by atoms with Gasteiger partial charge in [0.2, 0.25) is 0 Å². The molecule has 3 nitrogen and oxygen atoms in total. The average molecular weight is 230 g/mol. The average Bonchev–Trinajstić information content (AvgIpc) is 2.32. The van der Waals surface area contributed by atoms with Crippen molar-refractivity contribution < 1.29 is 14.9 Å². The first-order valence-electron chi connectivity index (χ1n) is 6.33. The van der Waals surface area contributed by atoms with Crippen LogP contribution in [0.1, 0.15) is 45.4 Å². The lowest BCUT2D eigenvalue weighted by molar-refractivity contribution is -0.0201. The van der Waals surface area contributed by atoms with Crippen molar-refractivity contribution in [2.75, 3.05) is 19.8 Å². The van der Waals surface area contributed by atoms with Crippen molar-refractivity contribution >= 4 is 0 Å². The molecule has 0 aromatic rings. The standard InChI is InChI=1S/C13H26O3/c1-2-3-4-5-6-7-8-9-10-16-13(11-14)12-15/h6-7,13-15H,2-5,8-12H2,1H3/b7-6+. The van der Waals surface area contributed by atoms with E-state index >= 15 is 0 Å². The van der Waals surface area contributed by atoms with Crippen LogP contribution in [-0.4, -0.2) is 36.1 Å². The highest BCUT2D eigenvalue weighted by Crippen LogP contribution is 2.01. The Kier molecular flexibility index (Phi) is 12.4.